The third-order valence-electron chi connectivity index (χ3n) is 5.16. The van der Waals surface area contributed by atoms with Crippen LogP contribution in [0.15, 0.2) is 12.1 Å². The van der Waals surface area contributed by atoms with Crippen LogP contribution in [0.3, 0.4) is 0 Å². The van der Waals surface area contributed by atoms with E-state index in [1.54, 1.807) is 0 Å². The van der Waals surface area contributed by atoms with E-state index in [9.17, 15) is 5.11 Å². The molecule has 128 valence electrons. The highest BCUT2D eigenvalue weighted by molar-refractivity contribution is 5.44. The number of rotatable bonds is 5. The van der Waals surface area contributed by atoms with Crippen molar-refractivity contribution in [2.75, 3.05) is 32.8 Å². The number of hydrogen-bond donors (Lipinski definition) is 2. The molecule has 4 heteroatoms. The highest BCUT2D eigenvalue weighted by Crippen LogP contribution is 2.33. The minimum atomic E-state index is -0.299. The summed E-state index contributed by atoms with van der Waals surface area (Å²) in [4.78, 5) is 2.37. The summed E-state index contributed by atoms with van der Waals surface area (Å²) < 4.78 is 5.92. The average Bonchev–Trinajstić information content (AvgIpc) is 2.95. The molecule has 1 fully saturated rings. The van der Waals surface area contributed by atoms with Gasteiger partial charge < -0.3 is 20.1 Å². The Balaban J connectivity index is 1.62. The first kappa shape index (κ1) is 16.7. The molecular weight excluding hydrogens is 288 g/mol. The first-order chi connectivity index (χ1) is 11.1. The van der Waals surface area contributed by atoms with Crippen molar-refractivity contribution < 1.29 is 9.84 Å². The fourth-order valence-corrected chi connectivity index (χ4v) is 3.65. The van der Waals surface area contributed by atoms with Gasteiger partial charge in [-0.05, 0) is 69.8 Å². The Morgan fingerprint density at radius 1 is 1.22 bits per heavy atom. The third kappa shape index (κ3) is 4.25. The van der Waals surface area contributed by atoms with Gasteiger partial charge >= 0.3 is 0 Å². The smallest absolute Gasteiger partial charge is 0.124 e. The summed E-state index contributed by atoms with van der Waals surface area (Å²) in [5.41, 5.74) is 3.83. The molecule has 0 amide bonds. The molecule has 3 rings (SSSR count). The van der Waals surface area contributed by atoms with Crippen molar-refractivity contribution in [2.24, 2.45) is 0 Å². The van der Waals surface area contributed by atoms with Crippen LogP contribution in [0, 0.1) is 13.8 Å². The van der Waals surface area contributed by atoms with E-state index < -0.39 is 0 Å². The molecule has 1 saturated heterocycles. The van der Waals surface area contributed by atoms with Crippen LogP contribution >= 0.6 is 0 Å². The SMILES string of the molecule is Cc1cc2c(cc1C)C(NCC(O)CN1CCCC1)CCCO2. The second-order valence-corrected chi connectivity index (χ2v) is 7.09. The summed E-state index contributed by atoms with van der Waals surface area (Å²) in [6, 6.07) is 4.69. The fraction of sp³-hybridized carbons (Fsp3) is 0.684. The molecule has 0 saturated carbocycles. The van der Waals surface area contributed by atoms with E-state index in [-0.39, 0.29) is 12.1 Å². The second-order valence-electron chi connectivity index (χ2n) is 7.09. The Morgan fingerprint density at radius 2 is 1.96 bits per heavy atom. The van der Waals surface area contributed by atoms with Crippen LogP contribution < -0.4 is 10.1 Å². The van der Waals surface area contributed by atoms with Gasteiger partial charge in [0.25, 0.3) is 0 Å². The maximum atomic E-state index is 10.3. The summed E-state index contributed by atoms with van der Waals surface area (Å²) in [6.45, 7) is 8.77. The van der Waals surface area contributed by atoms with Crippen molar-refractivity contribution in [3.63, 3.8) is 0 Å². The molecule has 0 aliphatic carbocycles. The Labute approximate surface area is 139 Å². The van der Waals surface area contributed by atoms with E-state index in [0.717, 1.165) is 44.8 Å². The van der Waals surface area contributed by atoms with Crippen molar-refractivity contribution in [2.45, 2.75) is 51.7 Å². The van der Waals surface area contributed by atoms with Crippen LogP contribution in [0.5, 0.6) is 5.75 Å². The van der Waals surface area contributed by atoms with Crippen LogP contribution in [0.2, 0.25) is 0 Å². The molecule has 1 aromatic carbocycles. The minimum absolute atomic E-state index is 0.278. The zero-order chi connectivity index (χ0) is 16.2. The lowest BCUT2D eigenvalue weighted by Crippen LogP contribution is -2.38. The highest BCUT2D eigenvalue weighted by Gasteiger charge is 2.22. The normalized spacial score (nSPS) is 23.2. The zero-order valence-corrected chi connectivity index (χ0v) is 14.5. The van der Waals surface area contributed by atoms with Gasteiger partial charge in [0.05, 0.1) is 12.7 Å². The van der Waals surface area contributed by atoms with Crippen LogP contribution in [-0.2, 0) is 0 Å². The number of hydrogen-bond acceptors (Lipinski definition) is 4. The van der Waals surface area contributed by atoms with E-state index >= 15 is 0 Å². The standard InChI is InChI=1S/C19H30N2O2/c1-14-10-17-18(6-5-9-23-19(17)11-15(14)2)20-12-16(22)13-21-7-3-4-8-21/h10-11,16,18,20,22H,3-9,12-13H2,1-2H3. The third-order valence-corrected chi connectivity index (χ3v) is 5.16. The van der Waals surface area contributed by atoms with E-state index in [1.165, 1.54) is 29.5 Å². The zero-order valence-electron chi connectivity index (χ0n) is 14.5. The number of aliphatic hydroxyl groups is 1. The minimum Gasteiger partial charge on any atom is -0.493 e. The quantitative estimate of drug-likeness (QED) is 0.876. The molecule has 0 radical (unpaired) electrons. The monoisotopic (exact) mass is 318 g/mol. The first-order valence-electron chi connectivity index (χ1n) is 9.01. The van der Waals surface area contributed by atoms with Gasteiger partial charge in [0.2, 0.25) is 0 Å². The molecule has 2 aliphatic heterocycles. The molecule has 2 unspecified atom stereocenters. The van der Waals surface area contributed by atoms with Gasteiger partial charge in [0.15, 0.2) is 0 Å². The molecule has 0 bridgehead atoms. The lowest BCUT2D eigenvalue weighted by molar-refractivity contribution is 0.120. The second kappa shape index (κ2) is 7.65. The summed E-state index contributed by atoms with van der Waals surface area (Å²) >= 11 is 0. The number of nitrogens with one attached hydrogen (secondary N) is 1. The van der Waals surface area contributed by atoms with Gasteiger partial charge in [0, 0.05) is 24.7 Å². The van der Waals surface area contributed by atoms with E-state index in [4.69, 9.17) is 4.74 Å². The first-order valence-corrected chi connectivity index (χ1v) is 9.01. The highest BCUT2D eigenvalue weighted by atomic mass is 16.5. The Bertz CT molecular complexity index is 526. The van der Waals surface area contributed by atoms with Gasteiger partial charge in [-0.2, -0.15) is 0 Å². The van der Waals surface area contributed by atoms with Gasteiger partial charge in [-0.15, -0.1) is 0 Å². The molecule has 1 aromatic rings. The number of nitrogens with zero attached hydrogens (tertiary/aromatic N) is 1. The number of ether oxygens (including phenoxy) is 1. The van der Waals surface area contributed by atoms with E-state index in [1.807, 2.05) is 0 Å². The fourth-order valence-electron chi connectivity index (χ4n) is 3.65. The summed E-state index contributed by atoms with van der Waals surface area (Å²) in [5, 5.41) is 13.9. The molecule has 2 atom stereocenters. The van der Waals surface area contributed by atoms with Crippen molar-refractivity contribution in [3.05, 3.63) is 28.8 Å². The van der Waals surface area contributed by atoms with Gasteiger partial charge in [-0.25, -0.2) is 0 Å². The Morgan fingerprint density at radius 3 is 2.74 bits per heavy atom. The van der Waals surface area contributed by atoms with Crippen LogP contribution in [0.25, 0.3) is 0 Å². The summed E-state index contributed by atoms with van der Waals surface area (Å²) in [6.07, 6.45) is 4.35. The number of aliphatic hydroxyl groups excluding tert-OH is 1. The van der Waals surface area contributed by atoms with E-state index in [2.05, 4.69) is 36.2 Å². The average molecular weight is 318 g/mol. The predicted octanol–water partition coefficient (Wildman–Crippen LogP) is 2.56. The van der Waals surface area contributed by atoms with Crippen LogP contribution in [0.1, 0.15) is 48.4 Å². The number of aryl methyl sites for hydroxylation is 2. The number of β-amino-alcohol motifs (C(OH)–C–C–N with tert-alkyl or cyclic N) is 1. The van der Waals surface area contributed by atoms with Crippen LogP contribution in [0.4, 0.5) is 0 Å². The summed E-state index contributed by atoms with van der Waals surface area (Å²) in [5.74, 6) is 1.01. The molecular formula is C19H30N2O2. The van der Waals surface area contributed by atoms with Crippen molar-refractivity contribution >= 4 is 0 Å². The van der Waals surface area contributed by atoms with Crippen molar-refractivity contribution in [3.8, 4) is 5.75 Å². The van der Waals surface area contributed by atoms with Gasteiger partial charge in [-0.1, -0.05) is 6.07 Å². The molecule has 2 heterocycles. The largest absolute Gasteiger partial charge is 0.493 e. The predicted molar refractivity (Wildman–Crippen MR) is 93.1 cm³/mol. The lowest BCUT2D eigenvalue weighted by atomic mass is 9.97. The molecule has 4 nitrogen and oxygen atoms in total. The molecule has 23 heavy (non-hydrogen) atoms. The molecule has 2 N–H and O–H groups in total. The van der Waals surface area contributed by atoms with Gasteiger partial charge in [-0.3, -0.25) is 0 Å². The number of fused-ring (bicyclic) bond motifs is 1. The van der Waals surface area contributed by atoms with E-state index in [0.29, 0.717) is 6.54 Å². The molecule has 0 spiro atoms. The van der Waals surface area contributed by atoms with Gasteiger partial charge in [0.1, 0.15) is 5.75 Å². The van der Waals surface area contributed by atoms with Crippen LogP contribution in [-0.4, -0.2) is 48.9 Å². The number of benzene rings is 1. The maximum absolute atomic E-state index is 10.3. The lowest BCUT2D eigenvalue weighted by Gasteiger charge is -2.24. The maximum Gasteiger partial charge on any atom is 0.124 e. The molecule has 0 aromatic heterocycles. The van der Waals surface area contributed by atoms with Crippen molar-refractivity contribution in [1.29, 1.82) is 0 Å². The van der Waals surface area contributed by atoms with Crippen molar-refractivity contribution in [1.82, 2.24) is 10.2 Å². The Hall–Kier alpha value is -1.10. The number of likely N-dealkylation sites (tertiary alicyclic amines) is 1. The molecule has 2 aliphatic rings. The topological polar surface area (TPSA) is 44.7 Å². The summed E-state index contributed by atoms with van der Waals surface area (Å²) in [7, 11) is 0. The Kier molecular flexibility index (Phi) is 5.57.